The molecule has 10 nitrogen and oxygen atoms in total. The number of aliphatic hydroxyl groups is 1. The van der Waals surface area contributed by atoms with E-state index in [1.165, 1.54) is 27.7 Å². The van der Waals surface area contributed by atoms with Gasteiger partial charge in [-0.05, 0) is 36.2 Å². The van der Waals surface area contributed by atoms with Gasteiger partial charge in [-0.3, -0.25) is 24.0 Å². The minimum atomic E-state index is -1.39. The molecule has 0 saturated heterocycles. The van der Waals surface area contributed by atoms with E-state index >= 15 is 0 Å². The number of allylic oxidation sites excluding steroid dienone is 1. The minimum Gasteiger partial charge on any atom is -0.462 e. The molecule has 0 aromatic rings. The second-order valence-electron chi connectivity index (χ2n) is 12.4. The van der Waals surface area contributed by atoms with Crippen molar-refractivity contribution in [3.05, 3.63) is 12.2 Å². The number of carbonyl (C=O) groups excluding carboxylic acids is 5. The van der Waals surface area contributed by atoms with Crippen LogP contribution in [-0.4, -0.2) is 65.3 Å². The van der Waals surface area contributed by atoms with Gasteiger partial charge < -0.3 is 24.1 Å². The Morgan fingerprint density at radius 2 is 1.34 bits per heavy atom. The number of rotatable bonds is 4. The number of aliphatic hydroxyl groups excluding tert-OH is 1. The van der Waals surface area contributed by atoms with Crippen LogP contribution in [0.1, 0.15) is 67.7 Å². The quantitative estimate of drug-likeness (QED) is 0.324. The van der Waals surface area contributed by atoms with Gasteiger partial charge in [-0.15, -0.1) is 0 Å². The summed E-state index contributed by atoms with van der Waals surface area (Å²) in [5.41, 5.74) is -3.05. The normalized spacial score (nSPS) is 42.8. The highest BCUT2D eigenvalue weighted by Crippen LogP contribution is 2.72. The Balaban J connectivity index is 2.04. The van der Waals surface area contributed by atoms with Crippen molar-refractivity contribution in [2.75, 3.05) is 0 Å². The molecule has 0 aliphatic heterocycles. The molecule has 4 rings (SSSR count). The highest BCUT2D eigenvalue weighted by atomic mass is 16.6. The first-order valence-electron chi connectivity index (χ1n) is 13.1. The minimum absolute atomic E-state index is 0.112. The number of esters is 4. The van der Waals surface area contributed by atoms with Gasteiger partial charge in [0.2, 0.25) is 0 Å². The number of carbonyl (C=O) groups is 5. The summed E-state index contributed by atoms with van der Waals surface area (Å²) in [6, 6.07) is 0. The number of ether oxygens (including phenoxy) is 4. The van der Waals surface area contributed by atoms with E-state index in [1.807, 2.05) is 6.92 Å². The molecular weight excluding hydrogens is 496 g/mol. The fraction of sp³-hybridized carbons (Fsp3) is 0.750. The predicted octanol–water partition coefficient (Wildman–Crippen LogP) is 2.29. The molecular formula is C28H38O10. The van der Waals surface area contributed by atoms with Crippen molar-refractivity contribution in [1.29, 1.82) is 0 Å². The zero-order valence-corrected chi connectivity index (χ0v) is 23.1. The summed E-state index contributed by atoms with van der Waals surface area (Å²) in [5, 5.41) is 11.5. The van der Waals surface area contributed by atoms with Gasteiger partial charge in [-0.2, -0.15) is 0 Å². The van der Waals surface area contributed by atoms with Crippen LogP contribution in [0, 0.1) is 34.0 Å². The maximum absolute atomic E-state index is 14.2. The number of hydrogen-bond acceptors (Lipinski definition) is 10. The van der Waals surface area contributed by atoms with E-state index in [0.29, 0.717) is 12.0 Å². The van der Waals surface area contributed by atoms with Crippen LogP contribution in [0.25, 0.3) is 0 Å². The van der Waals surface area contributed by atoms with Crippen molar-refractivity contribution >= 4 is 29.7 Å². The zero-order valence-electron chi connectivity index (χ0n) is 23.1. The molecule has 1 spiro atoms. The molecule has 210 valence electrons. The Labute approximate surface area is 222 Å². The summed E-state index contributed by atoms with van der Waals surface area (Å²) >= 11 is 0. The van der Waals surface area contributed by atoms with Crippen molar-refractivity contribution in [1.82, 2.24) is 0 Å². The third kappa shape index (κ3) is 3.98. The standard InChI is InChI=1S/C28H38O10/c1-12-17-9-18(35-13(2)29)21-27(8)11-19(36-14(3)30)24(34)26(6,7)22(27)20(37-15(4)31)25(38-16(5)32)28(21,10-17)23(12)33/h17-22,24-25,34H,1,9-11H2,2-8H3/t17-,18+,19+,20-,21+,22-,24+,25+,27+,28+/m1/s1. The second kappa shape index (κ2) is 9.17. The Morgan fingerprint density at radius 3 is 1.87 bits per heavy atom. The Bertz CT molecular complexity index is 1090. The first-order chi connectivity index (χ1) is 17.5. The maximum atomic E-state index is 14.2. The van der Waals surface area contributed by atoms with Gasteiger partial charge in [0.25, 0.3) is 0 Å². The lowest BCUT2D eigenvalue weighted by atomic mass is 9.38. The number of fused-ring (bicyclic) bond motifs is 3. The van der Waals surface area contributed by atoms with Gasteiger partial charge in [0, 0.05) is 44.9 Å². The SMILES string of the molecule is C=C1C(=O)[C@]23C[C@H]1C[C@H](OC(C)=O)[C@H]2[C@]1(C)C[C@H](OC(C)=O)[C@H](O)C(C)(C)[C@H]1[C@@H](OC(C)=O)[C@@H]3OC(C)=O. The van der Waals surface area contributed by atoms with E-state index in [1.54, 1.807) is 13.8 Å². The Hall–Kier alpha value is -2.75. The van der Waals surface area contributed by atoms with Crippen molar-refractivity contribution in [2.45, 2.75) is 98.2 Å². The third-order valence-corrected chi connectivity index (χ3v) is 9.58. The molecule has 4 saturated carbocycles. The van der Waals surface area contributed by atoms with Crippen LogP contribution in [0.4, 0.5) is 0 Å². The molecule has 10 atom stereocenters. The molecule has 0 aromatic heterocycles. The summed E-state index contributed by atoms with van der Waals surface area (Å²) in [4.78, 5) is 63.5. The summed E-state index contributed by atoms with van der Waals surface area (Å²) in [6.45, 7) is 14.5. The van der Waals surface area contributed by atoms with Crippen LogP contribution in [0.15, 0.2) is 12.2 Å². The average molecular weight is 535 g/mol. The average Bonchev–Trinajstić information content (AvgIpc) is 2.94. The molecule has 38 heavy (non-hydrogen) atoms. The maximum Gasteiger partial charge on any atom is 0.303 e. The fourth-order valence-corrected chi connectivity index (χ4v) is 8.88. The molecule has 1 N–H and O–H groups in total. The van der Waals surface area contributed by atoms with Gasteiger partial charge >= 0.3 is 23.9 Å². The number of ketones is 1. The molecule has 0 aromatic carbocycles. The molecule has 4 aliphatic carbocycles. The van der Waals surface area contributed by atoms with Crippen molar-refractivity contribution in [3.63, 3.8) is 0 Å². The summed E-state index contributed by atoms with van der Waals surface area (Å²) < 4.78 is 23.3. The lowest BCUT2D eigenvalue weighted by Gasteiger charge is -2.68. The largest absolute Gasteiger partial charge is 0.462 e. The van der Waals surface area contributed by atoms with E-state index < -0.39 is 82.5 Å². The van der Waals surface area contributed by atoms with Gasteiger partial charge in [0.05, 0.1) is 11.5 Å². The lowest BCUT2D eigenvalue weighted by molar-refractivity contribution is -0.299. The van der Waals surface area contributed by atoms with Gasteiger partial charge in [0.1, 0.15) is 18.3 Å². The topological polar surface area (TPSA) is 143 Å². The molecule has 0 heterocycles. The molecule has 4 aliphatic rings. The first-order valence-corrected chi connectivity index (χ1v) is 13.1. The summed E-state index contributed by atoms with van der Waals surface area (Å²) in [6.07, 6.45) is -4.39. The Morgan fingerprint density at radius 1 is 0.816 bits per heavy atom. The van der Waals surface area contributed by atoms with Crippen LogP contribution in [-0.2, 0) is 42.9 Å². The van der Waals surface area contributed by atoms with E-state index in [4.69, 9.17) is 18.9 Å². The fourth-order valence-electron chi connectivity index (χ4n) is 8.88. The molecule has 4 fully saturated rings. The van der Waals surface area contributed by atoms with Gasteiger partial charge in [-0.25, -0.2) is 0 Å². The van der Waals surface area contributed by atoms with Crippen molar-refractivity contribution in [3.8, 4) is 0 Å². The highest BCUT2D eigenvalue weighted by Gasteiger charge is 2.79. The lowest BCUT2D eigenvalue weighted by Crippen LogP contribution is -2.75. The van der Waals surface area contributed by atoms with Crippen LogP contribution in [0.3, 0.4) is 0 Å². The highest BCUT2D eigenvalue weighted by molar-refractivity contribution is 6.04. The summed E-state index contributed by atoms with van der Waals surface area (Å²) in [5.74, 6) is -4.38. The van der Waals surface area contributed by atoms with E-state index in [0.717, 1.165) is 0 Å². The van der Waals surface area contributed by atoms with Crippen LogP contribution < -0.4 is 0 Å². The molecule has 0 unspecified atom stereocenters. The molecule has 2 bridgehead atoms. The van der Waals surface area contributed by atoms with Gasteiger partial charge in [0.15, 0.2) is 11.9 Å². The zero-order chi connectivity index (χ0) is 28.5. The van der Waals surface area contributed by atoms with Crippen LogP contribution >= 0.6 is 0 Å². The number of Topliss-reactive ketones (excluding diaryl/α,β-unsaturated/α-hetero) is 1. The van der Waals surface area contributed by atoms with E-state index in [2.05, 4.69) is 6.58 Å². The van der Waals surface area contributed by atoms with Crippen LogP contribution in [0.5, 0.6) is 0 Å². The first kappa shape index (κ1) is 28.3. The molecule has 0 amide bonds. The molecule has 0 radical (unpaired) electrons. The third-order valence-electron chi connectivity index (χ3n) is 9.58. The van der Waals surface area contributed by atoms with E-state index in [-0.39, 0.29) is 24.5 Å². The number of hydrogen-bond donors (Lipinski definition) is 1. The van der Waals surface area contributed by atoms with Crippen LogP contribution in [0.2, 0.25) is 0 Å². The van der Waals surface area contributed by atoms with Gasteiger partial charge in [-0.1, -0.05) is 27.4 Å². The monoisotopic (exact) mass is 534 g/mol. The summed E-state index contributed by atoms with van der Waals surface area (Å²) in [7, 11) is 0. The molecule has 10 heteroatoms. The van der Waals surface area contributed by atoms with Crippen molar-refractivity contribution in [2.24, 2.45) is 34.0 Å². The smallest absolute Gasteiger partial charge is 0.303 e. The van der Waals surface area contributed by atoms with E-state index in [9.17, 15) is 29.1 Å². The second-order valence-corrected chi connectivity index (χ2v) is 12.4. The Kier molecular flexibility index (Phi) is 6.82. The predicted molar refractivity (Wildman–Crippen MR) is 131 cm³/mol. The van der Waals surface area contributed by atoms with Crippen molar-refractivity contribution < 1.29 is 48.0 Å².